The van der Waals surface area contributed by atoms with E-state index >= 15 is 0 Å². The second kappa shape index (κ2) is 7.91. The molecule has 0 fully saturated rings. The number of thiophene rings is 1. The highest BCUT2D eigenvalue weighted by Crippen LogP contribution is 2.47. The molecule has 2 aromatic heterocycles. The van der Waals surface area contributed by atoms with E-state index in [0.29, 0.717) is 35.4 Å². The minimum atomic E-state index is -0.303. The van der Waals surface area contributed by atoms with Gasteiger partial charge in [0.2, 0.25) is 11.7 Å². The van der Waals surface area contributed by atoms with E-state index in [2.05, 4.69) is 19.2 Å². The average molecular weight is 467 g/mol. The van der Waals surface area contributed by atoms with E-state index in [1.165, 1.54) is 0 Å². The molecule has 2 aliphatic rings. The third-order valence-electron chi connectivity index (χ3n) is 6.07. The summed E-state index contributed by atoms with van der Waals surface area (Å²) in [4.78, 5) is 19.1. The summed E-state index contributed by atoms with van der Waals surface area (Å²) >= 11 is 1.61. The highest BCUT2D eigenvalue weighted by molar-refractivity contribution is 7.10. The largest absolute Gasteiger partial charge is 0.493 e. The third-order valence-corrected chi connectivity index (χ3v) is 6.99. The standard InChI is InChI=1S/C24H26N4O4S/c1-24(2)11-14-19(15(29)12-24)20(18-7-6-8-33-18)28-23(25-14)26-22(27-28)13-9-16(30-3)21(32-5)17(10-13)31-4/h6-10,20H,11-12H2,1-5H3,(H,25,26,27). The van der Waals surface area contributed by atoms with Crippen molar-refractivity contribution < 1.29 is 19.0 Å². The molecule has 0 radical (unpaired) electrons. The van der Waals surface area contributed by atoms with Crippen LogP contribution in [-0.4, -0.2) is 41.9 Å². The maximum Gasteiger partial charge on any atom is 0.226 e. The zero-order valence-electron chi connectivity index (χ0n) is 19.3. The Hall–Kier alpha value is -3.33. The molecule has 1 N–H and O–H groups in total. The lowest BCUT2D eigenvalue weighted by Crippen LogP contribution is -2.36. The van der Waals surface area contributed by atoms with Crippen molar-refractivity contribution in [2.75, 3.05) is 26.6 Å². The van der Waals surface area contributed by atoms with Gasteiger partial charge in [-0.3, -0.25) is 4.79 Å². The van der Waals surface area contributed by atoms with Crippen molar-refractivity contribution in [3.8, 4) is 28.6 Å². The summed E-state index contributed by atoms with van der Waals surface area (Å²) in [6, 6.07) is 7.39. The molecule has 1 aliphatic heterocycles. The molecule has 1 atom stereocenters. The summed E-state index contributed by atoms with van der Waals surface area (Å²) < 4.78 is 18.3. The predicted octanol–water partition coefficient (Wildman–Crippen LogP) is 4.69. The molecule has 172 valence electrons. The zero-order valence-corrected chi connectivity index (χ0v) is 20.1. The van der Waals surface area contributed by atoms with Crippen LogP contribution in [-0.2, 0) is 4.79 Å². The number of ketones is 1. The molecule has 1 aromatic carbocycles. The molecule has 0 saturated heterocycles. The second-order valence-electron chi connectivity index (χ2n) is 8.99. The third kappa shape index (κ3) is 3.56. The monoisotopic (exact) mass is 466 g/mol. The molecule has 3 heterocycles. The van der Waals surface area contributed by atoms with Crippen LogP contribution >= 0.6 is 11.3 Å². The van der Waals surface area contributed by atoms with Gasteiger partial charge in [0.1, 0.15) is 6.04 Å². The van der Waals surface area contributed by atoms with Crippen LogP contribution in [0.5, 0.6) is 17.2 Å². The van der Waals surface area contributed by atoms with E-state index in [4.69, 9.17) is 24.3 Å². The van der Waals surface area contributed by atoms with Gasteiger partial charge >= 0.3 is 0 Å². The summed E-state index contributed by atoms with van der Waals surface area (Å²) in [5.41, 5.74) is 2.34. The van der Waals surface area contributed by atoms with Gasteiger partial charge in [-0.2, -0.15) is 4.98 Å². The Morgan fingerprint density at radius 2 is 1.85 bits per heavy atom. The van der Waals surface area contributed by atoms with Crippen molar-refractivity contribution in [1.29, 1.82) is 0 Å². The molecule has 5 rings (SSSR count). The number of benzene rings is 1. The minimum absolute atomic E-state index is 0.106. The molecule has 0 amide bonds. The van der Waals surface area contributed by atoms with Crippen LogP contribution in [0.15, 0.2) is 40.9 Å². The molecular formula is C24H26N4O4S. The molecule has 1 aliphatic carbocycles. The number of nitrogens with one attached hydrogen (secondary N) is 1. The zero-order chi connectivity index (χ0) is 23.3. The Balaban J connectivity index is 1.65. The molecule has 8 nitrogen and oxygen atoms in total. The Morgan fingerprint density at radius 1 is 1.12 bits per heavy atom. The molecule has 33 heavy (non-hydrogen) atoms. The van der Waals surface area contributed by atoms with Crippen molar-refractivity contribution in [2.45, 2.75) is 32.7 Å². The number of rotatable bonds is 5. The van der Waals surface area contributed by atoms with Crippen LogP contribution in [0.4, 0.5) is 5.95 Å². The number of fused-ring (bicyclic) bond motifs is 1. The van der Waals surface area contributed by atoms with Gasteiger partial charge in [-0.1, -0.05) is 19.9 Å². The maximum absolute atomic E-state index is 13.3. The number of hydrogen-bond acceptors (Lipinski definition) is 8. The van der Waals surface area contributed by atoms with Gasteiger partial charge in [0.25, 0.3) is 0 Å². The fourth-order valence-corrected chi connectivity index (χ4v) is 5.47. The highest BCUT2D eigenvalue weighted by atomic mass is 32.1. The molecule has 0 saturated carbocycles. The maximum atomic E-state index is 13.3. The number of nitrogens with zero attached hydrogens (tertiary/aromatic N) is 3. The minimum Gasteiger partial charge on any atom is -0.493 e. The smallest absolute Gasteiger partial charge is 0.226 e. The highest BCUT2D eigenvalue weighted by Gasteiger charge is 2.42. The molecule has 0 spiro atoms. The predicted molar refractivity (Wildman–Crippen MR) is 126 cm³/mol. The summed E-state index contributed by atoms with van der Waals surface area (Å²) in [5.74, 6) is 2.83. The van der Waals surface area contributed by atoms with E-state index in [1.54, 1.807) is 32.7 Å². The van der Waals surface area contributed by atoms with E-state index in [0.717, 1.165) is 28.1 Å². The Morgan fingerprint density at radius 3 is 2.45 bits per heavy atom. The van der Waals surface area contributed by atoms with Gasteiger partial charge in [-0.05, 0) is 35.4 Å². The van der Waals surface area contributed by atoms with E-state index in [1.807, 2.05) is 34.3 Å². The summed E-state index contributed by atoms with van der Waals surface area (Å²) in [6.45, 7) is 4.24. The number of methoxy groups -OCH3 is 3. The Kier molecular flexibility index (Phi) is 5.16. The fraction of sp³-hybridized carbons (Fsp3) is 0.375. The van der Waals surface area contributed by atoms with Crippen molar-refractivity contribution in [3.05, 3.63) is 45.8 Å². The lowest BCUT2D eigenvalue weighted by molar-refractivity contribution is -0.118. The lowest BCUT2D eigenvalue weighted by atomic mass is 9.73. The summed E-state index contributed by atoms with van der Waals surface area (Å²) in [5, 5.41) is 10.3. The van der Waals surface area contributed by atoms with Crippen molar-refractivity contribution >= 4 is 23.1 Å². The number of ether oxygens (including phenoxy) is 3. The fourth-order valence-electron chi connectivity index (χ4n) is 4.65. The van der Waals surface area contributed by atoms with Gasteiger partial charge in [0.05, 0.1) is 21.3 Å². The number of aromatic nitrogens is 3. The van der Waals surface area contributed by atoms with Crippen LogP contribution in [0.2, 0.25) is 0 Å². The number of Topliss-reactive ketones (excluding diaryl/α,β-unsaturated/α-hetero) is 1. The van der Waals surface area contributed by atoms with Crippen LogP contribution < -0.4 is 19.5 Å². The SMILES string of the molecule is COc1cc(-c2nc3n(n2)C(c2cccs2)C2=C(CC(C)(C)CC2=O)N3)cc(OC)c1OC. The first-order valence-electron chi connectivity index (χ1n) is 10.7. The molecule has 0 bridgehead atoms. The average Bonchev–Trinajstić information content (AvgIpc) is 3.45. The first kappa shape index (κ1) is 21.5. The van der Waals surface area contributed by atoms with Gasteiger partial charge < -0.3 is 19.5 Å². The first-order valence-corrected chi connectivity index (χ1v) is 11.6. The summed E-state index contributed by atoms with van der Waals surface area (Å²) in [6.07, 6.45) is 1.29. The van der Waals surface area contributed by atoms with Crippen molar-refractivity contribution in [1.82, 2.24) is 14.8 Å². The number of anilines is 1. The Labute approximate surface area is 196 Å². The van der Waals surface area contributed by atoms with Crippen LogP contribution in [0.1, 0.15) is 37.6 Å². The van der Waals surface area contributed by atoms with Gasteiger partial charge in [-0.15, -0.1) is 16.4 Å². The first-order chi connectivity index (χ1) is 15.8. The van der Waals surface area contributed by atoms with E-state index in [9.17, 15) is 4.79 Å². The summed E-state index contributed by atoms with van der Waals surface area (Å²) in [7, 11) is 4.72. The quantitative estimate of drug-likeness (QED) is 0.584. The molecule has 3 aromatic rings. The topological polar surface area (TPSA) is 87.5 Å². The van der Waals surface area contributed by atoms with E-state index in [-0.39, 0.29) is 17.2 Å². The van der Waals surface area contributed by atoms with Crippen molar-refractivity contribution in [3.63, 3.8) is 0 Å². The van der Waals surface area contributed by atoms with E-state index < -0.39 is 0 Å². The van der Waals surface area contributed by atoms with Crippen molar-refractivity contribution in [2.24, 2.45) is 5.41 Å². The number of carbonyl (C=O) groups excluding carboxylic acids is 1. The number of allylic oxidation sites excluding steroid dienone is 2. The van der Waals surface area contributed by atoms with Gasteiger partial charge in [0.15, 0.2) is 23.1 Å². The van der Waals surface area contributed by atoms with Crippen LogP contribution in [0.3, 0.4) is 0 Å². The molecule has 9 heteroatoms. The Bertz CT molecular complexity index is 1230. The number of carbonyl (C=O) groups is 1. The normalized spacial score (nSPS) is 18.9. The molecule has 1 unspecified atom stereocenters. The second-order valence-corrected chi connectivity index (χ2v) is 9.97. The lowest BCUT2D eigenvalue weighted by Gasteiger charge is -2.37. The number of hydrogen-bond donors (Lipinski definition) is 1. The van der Waals surface area contributed by atoms with Crippen LogP contribution in [0, 0.1) is 5.41 Å². The van der Waals surface area contributed by atoms with Crippen LogP contribution in [0.25, 0.3) is 11.4 Å². The van der Waals surface area contributed by atoms with Gasteiger partial charge in [0, 0.05) is 28.1 Å². The van der Waals surface area contributed by atoms with Gasteiger partial charge in [-0.25, -0.2) is 4.68 Å². The molecular weight excluding hydrogens is 440 g/mol.